The fraction of sp³-hybridized carbons (Fsp3) is 0.345. The number of benzene rings is 3. The molecule has 0 fully saturated rings. The summed E-state index contributed by atoms with van der Waals surface area (Å²) in [6.45, 7) is 2.89. The van der Waals surface area contributed by atoms with Crippen LogP contribution in [0.5, 0.6) is 11.5 Å². The van der Waals surface area contributed by atoms with Crippen LogP contribution < -0.4 is 14.8 Å². The van der Waals surface area contributed by atoms with E-state index in [0.29, 0.717) is 0 Å². The molecular weight excluding hydrogens is 424 g/mol. The van der Waals surface area contributed by atoms with Crippen molar-refractivity contribution < 1.29 is 14.3 Å². The Morgan fingerprint density at radius 1 is 1.03 bits per heavy atom. The van der Waals surface area contributed by atoms with Gasteiger partial charge in [-0.1, -0.05) is 60.2 Å². The van der Waals surface area contributed by atoms with Gasteiger partial charge in [0.25, 0.3) is 0 Å². The first-order chi connectivity index (χ1) is 16.5. The molecule has 5 nitrogen and oxygen atoms in total. The molecule has 0 aromatic heterocycles. The van der Waals surface area contributed by atoms with E-state index in [1.165, 1.54) is 22.3 Å². The number of ether oxygens (including phenoxy) is 2. The van der Waals surface area contributed by atoms with Crippen molar-refractivity contribution in [3.63, 3.8) is 0 Å². The standard InChI is InChI=1S/C29H34N2O3/c1-20-10-12-21(13-11-20)14-15-25-24-19-27(34-4)26(33-3)18-23(24)16-17-31(25)28(29(32)30-2)22-8-6-5-7-9-22/h5-13,18-19,25,28H,14-17H2,1-4H3,(H,30,32). The van der Waals surface area contributed by atoms with E-state index < -0.39 is 0 Å². The lowest BCUT2D eigenvalue weighted by molar-refractivity contribution is -0.127. The highest BCUT2D eigenvalue weighted by molar-refractivity contribution is 5.83. The van der Waals surface area contributed by atoms with Gasteiger partial charge in [-0.2, -0.15) is 0 Å². The number of carbonyl (C=O) groups excluding carboxylic acids is 1. The van der Waals surface area contributed by atoms with Gasteiger partial charge in [-0.05, 0) is 60.6 Å². The number of carbonyl (C=O) groups is 1. The highest BCUT2D eigenvalue weighted by Gasteiger charge is 2.37. The van der Waals surface area contributed by atoms with E-state index >= 15 is 0 Å². The molecule has 34 heavy (non-hydrogen) atoms. The van der Waals surface area contributed by atoms with Crippen molar-refractivity contribution >= 4 is 5.91 Å². The maximum absolute atomic E-state index is 13.2. The zero-order chi connectivity index (χ0) is 24.1. The van der Waals surface area contributed by atoms with Crippen LogP contribution in [-0.4, -0.2) is 38.6 Å². The van der Waals surface area contributed by atoms with Crippen molar-refractivity contribution in [2.75, 3.05) is 27.8 Å². The molecule has 2 atom stereocenters. The van der Waals surface area contributed by atoms with Crippen LogP contribution in [0.1, 0.15) is 46.3 Å². The number of amides is 1. The smallest absolute Gasteiger partial charge is 0.241 e. The van der Waals surface area contributed by atoms with Crippen molar-refractivity contribution in [1.82, 2.24) is 10.2 Å². The van der Waals surface area contributed by atoms with Crippen molar-refractivity contribution in [2.45, 2.75) is 38.3 Å². The summed E-state index contributed by atoms with van der Waals surface area (Å²) in [6.07, 6.45) is 2.66. The predicted octanol–water partition coefficient (Wildman–Crippen LogP) is 5.03. The SMILES string of the molecule is CNC(=O)C(c1ccccc1)N1CCc2cc(OC)c(OC)cc2C1CCc1ccc(C)cc1. The van der Waals surface area contributed by atoms with Gasteiger partial charge in [0.05, 0.1) is 14.2 Å². The number of hydrogen-bond donors (Lipinski definition) is 1. The first-order valence-corrected chi connectivity index (χ1v) is 11.9. The van der Waals surface area contributed by atoms with Gasteiger partial charge >= 0.3 is 0 Å². The second-order valence-corrected chi connectivity index (χ2v) is 8.86. The minimum Gasteiger partial charge on any atom is -0.493 e. The molecule has 178 valence electrons. The van der Waals surface area contributed by atoms with Gasteiger partial charge in [0, 0.05) is 19.6 Å². The van der Waals surface area contributed by atoms with Gasteiger partial charge in [0.1, 0.15) is 6.04 Å². The highest BCUT2D eigenvalue weighted by Crippen LogP contribution is 2.43. The van der Waals surface area contributed by atoms with Crippen molar-refractivity contribution in [2.24, 2.45) is 0 Å². The summed E-state index contributed by atoms with van der Waals surface area (Å²) in [7, 11) is 5.06. The molecule has 4 rings (SSSR count). The first-order valence-electron chi connectivity index (χ1n) is 11.9. The van der Waals surface area contributed by atoms with Crippen LogP contribution in [0.25, 0.3) is 0 Å². The maximum Gasteiger partial charge on any atom is 0.241 e. The minimum absolute atomic E-state index is 0.00969. The zero-order valence-electron chi connectivity index (χ0n) is 20.5. The number of rotatable bonds is 8. The fourth-order valence-corrected chi connectivity index (χ4v) is 5.00. The molecule has 0 aliphatic carbocycles. The third-order valence-electron chi connectivity index (χ3n) is 6.81. The largest absolute Gasteiger partial charge is 0.493 e. The third-order valence-corrected chi connectivity index (χ3v) is 6.81. The van der Waals surface area contributed by atoms with Gasteiger partial charge in [-0.15, -0.1) is 0 Å². The Morgan fingerprint density at radius 2 is 1.71 bits per heavy atom. The van der Waals surface area contributed by atoms with Crippen LogP contribution in [-0.2, 0) is 17.6 Å². The summed E-state index contributed by atoms with van der Waals surface area (Å²) in [5.74, 6) is 1.48. The Bertz CT molecular complexity index is 1110. The number of nitrogens with one attached hydrogen (secondary N) is 1. The summed E-state index contributed by atoms with van der Waals surface area (Å²) in [5, 5.41) is 2.90. The summed E-state index contributed by atoms with van der Waals surface area (Å²) in [5.41, 5.74) is 6.03. The molecule has 2 unspecified atom stereocenters. The number of hydrogen-bond acceptors (Lipinski definition) is 4. The van der Waals surface area contributed by atoms with Crippen LogP contribution in [0.2, 0.25) is 0 Å². The molecule has 1 aliphatic heterocycles. The fourth-order valence-electron chi connectivity index (χ4n) is 5.00. The van der Waals surface area contributed by atoms with E-state index in [9.17, 15) is 4.79 Å². The summed E-state index contributed by atoms with van der Waals surface area (Å²) in [4.78, 5) is 15.6. The van der Waals surface area contributed by atoms with Gasteiger partial charge in [-0.3, -0.25) is 9.69 Å². The normalized spacial score (nSPS) is 16.4. The number of methoxy groups -OCH3 is 2. The van der Waals surface area contributed by atoms with Crippen molar-refractivity contribution in [1.29, 1.82) is 0 Å². The Balaban J connectivity index is 1.76. The van der Waals surface area contributed by atoms with Crippen LogP contribution in [0.15, 0.2) is 66.7 Å². The Kier molecular flexibility index (Phi) is 7.53. The summed E-state index contributed by atoms with van der Waals surface area (Å²) < 4.78 is 11.2. The van der Waals surface area contributed by atoms with E-state index in [4.69, 9.17) is 9.47 Å². The molecule has 0 spiro atoms. The lowest BCUT2D eigenvalue weighted by Crippen LogP contribution is -2.44. The van der Waals surface area contributed by atoms with Crippen molar-refractivity contribution in [3.8, 4) is 11.5 Å². The van der Waals surface area contributed by atoms with Crippen LogP contribution in [0.3, 0.4) is 0 Å². The summed E-state index contributed by atoms with van der Waals surface area (Å²) >= 11 is 0. The quantitative estimate of drug-likeness (QED) is 0.514. The van der Waals surface area contributed by atoms with E-state index in [2.05, 4.69) is 53.5 Å². The molecule has 3 aromatic rings. The molecule has 1 aliphatic rings. The number of nitrogens with zero attached hydrogens (tertiary/aromatic N) is 1. The van der Waals surface area contributed by atoms with E-state index in [1.54, 1.807) is 21.3 Å². The first kappa shape index (κ1) is 23.8. The molecule has 0 saturated heterocycles. The van der Waals surface area contributed by atoms with Crippen molar-refractivity contribution in [3.05, 3.63) is 94.5 Å². The average Bonchev–Trinajstić information content (AvgIpc) is 2.88. The lowest BCUT2D eigenvalue weighted by Gasteiger charge is -2.42. The van der Waals surface area contributed by atoms with E-state index in [0.717, 1.165) is 42.9 Å². The molecule has 3 aromatic carbocycles. The molecule has 0 radical (unpaired) electrons. The molecule has 5 heteroatoms. The highest BCUT2D eigenvalue weighted by atomic mass is 16.5. The molecule has 1 N–H and O–H groups in total. The van der Waals surface area contributed by atoms with E-state index in [1.807, 2.05) is 30.3 Å². The van der Waals surface area contributed by atoms with Gasteiger partial charge in [0.15, 0.2) is 11.5 Å². The van der Waals surface area contributed by atoms with Gasteiger partial charge in [0.2, 0.25) is 5.91 Å². The monoisotopic (exact) mass is 458 g/mol. The van der Waals surface area contributed by atoms with Crippen LogP contribution in [0.4, 0.5) is 0 Å². The number of likely N-dealkylation sites (N-methyl/N-ethyl adjacent to an activating group) is 1. The zero-order valence-corrected chi connectivity index (χ0v) is 20.5. The Labute approximate surface area is 202 Å². The summed E-state index contributed by atoms with van der Waals surface area (Å²) in [6, 6.07) is 22.7. The number of aryl methyl sites for hydroxylation is 2. The predicted molar refractivity (Wildman–Crippen MR) is 135 cm³/mol. The van der Waals surface area contributed by atoms with Gasteiger partial charge in [-0.25, -0.2) is 0 Å². The Hall–Kier alpha value is -3.31. The molecule has 0 bridgehead atoms. The molecule has 0 saturated carbocycles. The average molecular weight is 459 g/mol. The second-order valence-electron chi connectivity index (χ2n) is 8.86. The molecule has 1 heterocycles. The molecule has 1 amide bonds. The second kappa shape index (κ2) is 10.7. The van der Waals surface area contributed by atoms with Crippen LogP contribution >= 0.6 is 0 Å². The third kappa shape index (κ3) is 4.95. The topological polar surface area (TPSA) is 50.8 Å². The van der Waals surface area contributed by atoms with E-state index in [-0.39, 0.29) is 18.0 Å². The van der Waals surface area contributed by atoms with Crippen LogP contribution in [0, 0.1) is 6.92 Å². The lowest BCUT2D eigenvalue weighted by atomic mass is 9.86. The number of fused-ring (bicyclic) bond motifs is 1. The maximum atomic E-state index is 13.2. The molecular formula is C29H34N2O3. The van der Waals surface area contributed by atoms with Gasteiger partial charge < -0.3 is 14.8 Å². The Morgan fingerprint density at radius 3 is 2.35 bits per heavy atom. The minimum atomic E-state index is -0.365.